The van der Waals surface area contributed by atoms with Gasteiger partial charge in [0.25, 0.3) is 0 Å². The van der Waals surface area contributed by atoms with Crippen LogP contribution in [0.4, 0.5) is 10.2 Å². The van der Waals surface area contributed by atoms with Gasteiger partial charge in [0.05, 0.1) is 5.69 Å². The number of hydrogen-bond acceptors (Lipinski definition) is 3. The fourth-order valence-corrected chi connectivity index (χ4v) is 3.75. The monoisotopic (exact) mass is 347 g/mol. The topological polar surface area (TPSA) is 29.0 Å². The number of anilines is 1. The van der Waals surface area contributed by atoms with E-state index in [0.717, 1.165) is 44.5 Å². The Bertz CT molecular complexity index is 898. The molecular formula is C22H22FN3. The fourth-order valence-electron chi connectivity index (χ4n) is 3.75. The number of fused-ring (bicyclic) bond motifs is 1. The molecule has 4 rings (SSSR count). The minimum absolute atomic E-state index is 0.274. The average Bonchev–Trinajstić information content (AvgIpc) is 3.06. The highest BCUT2D eigenvalue weighted by Crippen LogP contribution is 2.34. The molecule has 0 unspecified atom stereocenters. The van der Waals surface area contributed by atoms with Crippen LogP contribution in [0.1, 0.15) is 36.1 Å². The quantitative estimate of drug-likeness (QED) is 0.797. The molecule has 0 N–H and O–H groups in total. The van der Waals surface area contributed by atoms with E-state index in [1.54, 1.807) is 12.3 Å². The Hall–Kier alpha value is -2.75. The molecule has 0 fully saturated rings. The van der Waals surface area contributed by atoms with Gasteiger partial charge in [-0.15, -0.1) is 0 Å². The normalized spacial score (nSPS) is 19.0. The Kier molecular flexibility index (Phi) is 4.65. The van der Waals surface area contributed by atoms with Crippen LogP contribution in [0.15, 0.2) is 54.9 Å². The molecule has 0 aromatic carbocycles. The Morgan fingerprint density at radius 2 is 2.12 bits per heavy atom. The third-order valence-electron chi connectivity index (χ3n) is 5.06. The van der Waals surface area contributed by atoms with E-state index in [0.29, 0.717) is 11.4 Å². The zero-order chi connectivity index (χ0) is 17.9. The van der Waals surface area contributed by atoms with Crippen LogP contribution in [0.3, 0.4) is 0 Å². The summed E-state index contributed by atoms with van der Waals surface area (Å²) in [6.45, 7) is 5.23. The standard InChI is InChI=1S/C22H22FN3/c1-2-16-14-20(23)22(25-15-16)26-12-4-7-17(8-5-13-26)19-10-9-18-6-3-11-24-21(18)19/h2-3,6-7,10-11,14-15H,1,4-5,8-9,12-13H2/b17-7+. The Morgan fingerprint density at radius 3 is 2.96 bits per heavy atom. The van der Waals surface area contributed by atoms with Crippen LogP contribution in [0.5, 0.6) is 0 Å². The minimum atomic E-state index is -0.274. The third kappa shape index (κ3) is 3.19. The summed E-state index contributed by atoms with van der Waals surface area (Å²) >= 11 is 0. The number of pyridine rings is 2. The number of rotatable bonds is 3. The van der Waals surface area contributed by atoms with Crippen molar-refractivity contribution in [3.05, 3.63) is 77.5 Å². The van der Waals surface area contributed by atoms with E-state index in [2.05, 4.69) is 34.8 Å². The van der Waals surface area contributed by atoms with Crippen molar-refractivity contribution < 1.29 is 4.39 Å². The van der Waals surface area contributed by atoms with E-state index in [9.17, 15) is 4.39 Å². The van der Waals surface area contributed by atoms with Gasteiger partial charge >= 0.3 is 0 Å². The molecule has 0 saturated heterocycles. The molecule has 0 atom stereocenters. The minimum Gasteiger partial charge on any atom is -0.354 e. The molecule has 4 heteroatoms. The predicted molar refractivity (Wildman–Crippen MR) is 104 cm³/mol. The Balaban J connectivity index is 1.51. The van der Waals surface area contributed by atoms with Gasteiger partial charge in [-0.2, -0.15) is 0 Å². The van der Waals surface area contributed by atoms with Crippen LogP contribution < -0.4 is 4.90 Å². The SMILES string of the molecule is C=Cc1cnc(N2CC/C=C(/C3=CCc4cccnc43)CCC2)c(F)c1. The summed E-state index contributed by atoms with van der Waals surface area (Å²) in [5.41, 5.74) is 5.80. The van der Waals surface area contributed by atoms with E-state index in [1.165, 1.54) is 22.8 Å². The van der Waals surface area contributed by atoms with E-state index in [-0.39, 0.29) is 5.82 Å². The molecule has 0 spiro atoms. The molecule has 0 saturated carbocycles. The molecule has 2 aliphatic rings. The van der Waals surface area contributed by atoms with Crippen molar-refractivity contribution in [2.75, 3.05) is 18.0 Å². The van der Waals surface area contributed by atoms with Crippen molar-refractivity contribution in [2.24, 2.45) is 0 Å². The second-order valence-corrected chi connectivity index (χ2v) is 6.72. The Labute approximate surface area is 153 Å². The van der Waals surface area contributed by atoms with Crippen molar-refractivity contribution in [2.45, 2.75) is 25.7 Å². The van der Waals surface area contributed by atoms with Crippen LogP contribution in [-0.4, -0.2) is 23.1 Å². The van der Waals surface area contributed by atoms with E-state index >= 15 is 0 Å². The summed E-state index contributed by atoms with van der Waals surface area (Å²) in [5, 5.41) is 0. The maximum Gasteiger partial charge on any atom is 0.166 e. The highest BCUT2D eigenvalue weighted by molar-refractivity contribution is 5.82. The molecule has 1 aliphatic carbocycles. The van der Waals surface area contributed by atoms with Gasteiger partial charge in [0, 0.05) is 25.5 Å². The lowest BCUT2D eigenvalue weighted by Crippen LogP contribution is -2.28. The molecule has 3 nitrogen and oxygen atoms in total. The van der Waals surface area contributed by atoms with Gasteiger partial charge in [-0.3, -0.25) is 4.98 Å². The molecule has 2 aromatic heterocycles. The van der Waals surface area contributed by atoms with Gasteiger partial charge in [0.15, 0.2) is 11.6 Å². The number of halogens is 1. The van der Waals surface area contributed by atoms with Crippen LogP contribution in [0, 0.1) is 5.82 Å². The van der Waals surface area contributed by atoms with E-state index in [4.69, 9.17) is 0 Å². The molecule has 0 bridgehead atoms. The molecule has 0 radical (unpaired) electrons. The molecule has 0 amide bonds. The van der Waals surface area contributed by atoms with Crippen molar-refractivity contribution in [1.29, 1.82) is 0 Å². The van der Waals surface area contributed by atoms with Crippen molar-refractivity contribution in [3.63, 3.8) is 0 Å². The first kappa shape index (κ1) is 16.7. The molecule has 1 aliphatic heterocycles. The summed E-state index contributed by atoms with van der Waals surface area (Å²) < 4.78 is 14.4. The van der Waals surface area contributed by atoms with Gasteiger partial charge < -0.3 is 4.90 Å². The largest absolute Gasteiger partial charge is 0.354 e. The zero-order valence-electron chi connectivity index (χ0n) is 14.8. The second-order valence-electron chi connectivity index (χ2n) is 6.72. The maximum atomic E-state index is 14.4. The van der Waals surface area contributed by atoms with Crippen molar-refractivity contribution >= 4 is 17.5 Å². The van der Waals surface area contributed by atoms with Gasteiger partial charge in [0.1, 0.15) is 0 Å². The van der Waals surface area contributed by atoms with Crippen LogP contribution in [0.2, 0.25) is 0 Å². The molecule has 3 heterocycles. The van der Waals surface area contributed by atoms with Crippen LogP contribution in [0.25, 0.3) is 11.6 Å². The molecule has 26 heavy (non-hydrogen) atoms. The third-order valence-corrected chi connectivity index (χ3v) is 5.06. The lowest BCUT2D eigenvalue weighted by atomic mass is 9.97. The average molecular weight is 347 g/mol. The smallest absolute Gasteiger partial charge is 0.166 e. The lowest BCUT2D eigenvalue weighted by Gasteiger charge is -2.26. The number of aromatic nitrogens is 2. The Morgan fingerprint density at radius 1 is 1.19 bits per heavy atom. The van der Waals surface area contributed by atoms with E-state index in [1.807, 2.05) is 17.2 Å². The number of allylic oxidation sites excluding steroid dienone is 3. The highest BCUT2D eigenvalue weighted by atomic mass is 19.1. The summed E-state index contributed by atoms with van der Waals surface area (Å²) in [4.78, 5) is 10.9. The summed E-state index contributed by atoms with van der Waals surface area (Å²) in [7, 11) is 0. The van der Waals surface area contributed by atoms with Gasteiger partial charge in [0.2, 0.25) is 0 Å². The van der Waals surface area contributed by atoms with Crippen LogP contribution >= 0.6 is 0 Å². The molecule has 132 valence electrons. The second kappa shape index (κ2) is 7.24. The van der Waals surface area contributed by atoms with Gasteiger partial charge in [-0.25, -0.2) is 9.37 Å². The van der Waals surface area contributed by atoms with E-state index < -0.39 is 0 Å². The maximum absolute atomic E-state index is 14.4. The first-order chi connectivity index (χ1) is 12.8. The molecular weight excluding hydrogens is 325 g/mol. The summed E-state index contributed by atoms with van der Waals surface area (Å²) in [6, 6.07) is 5.65. The number of nitrogens with zero attached hydrogens (tertiary/aromatic N) is 3. The first-order valence-electron chi connectivity index (χ1n) is 9.13. The first-order valence-corrected chi connectivity index (χ1v) is 9.13. The molecule has 2 aromatic rings. The predicted octanol–water partition coefficient (Wildman–Crippen LogP) is 4.82. The summed E-state index contributed by atoms with van der Waals surface area (Å²) in [5.74, 6) is 0.170. The van der Waals surface area contributed by atoms with Crippen molar-refractivity contribution in [1.82, 2.24) is 9.97 Å². The number of hydrogen-bond donors (Lipinski definition) is 0. The van der Waals surface area contributed by atoms with Crippen molar-refractivity contribution in [3.8, 4) is 0 Å². The highest BCUT2D eigenvalue weighted by Gasteiger charge is 2.20. The zero-order valence-corrected chi connectivity index (χ0v) is 14.8. The fraction of sp³-hybridized carbons (Fsp3) is 0.273. The summed E-state index contributed by atoms with van der Waals surface area (Å²) in [6.07, 6.45) is 13.5. The van der Waals surface area contributed by atoms with Gasteiger partial charge in [-0.1, -0.05) is 30.9 Å². The van der Waals surface area contributed by atoms with Crippen LogP contribution in [-0.2, 0) is 6.42 Å². The van der Waals surface area contributed by atoms with Gasteiger partial charge in [-0.05, 0) is 60.1 Å². The lowest BCUT2D eigenvalue weighted by molar-refractivity contribution is 0.601.